The number of thiazole rings is 2. The number of aryl methyl sites for hydroxylation is 2. The number of hydrogen-bond acceptors (Lipinski definition) is 5. The lowest BCUT2D eigenvalue weighted by molar-refractivity contribution is 0.598. The fourth-order valence-electron chi connectivity index (χ4n) is 2.46. The Kier molecular flexibility index (Phi) is 4.25. The summed E-state index contributed by atoms with van der Waals surface area (Å²) in [5.41, 5.74) is 3.25. The number of nitrogens with zero attached hydrogens (tertiary/aromatic N) is 2. The van der Waals surface area contributed by atoms with E-state index in [1.165, 1.54) is 39.7 Å². The van der Waals surface area contributed by atoms with Crippen LogP contribution in [-0.4, -0.2) is 16.5 Å². The summed E-state index contributed by atoms with van der Waals surface area (Å²) in [6.45, 7) is 3.22. The molecule has 0 radical (unpaired) electrons. The van der Waals surface area contributed by atoms with Gasteiger partial charge in [0, 0.05) is 16.0 Å². The minimum absolute atomic E-state index is 0.239. The van der Waals surface area contributed by atoms with E-state index in [-0.39, 0.29) is 6.04 Å². The van der Waals surface area contributed by atoms with Crippen molar-refractivity contribution in [1.82, 2.24) is 15.3 Å². The largest absolute Gasteiger partial charge is 0.304 e. The van der Waals surface area contributed by atoms with E-state index in [1.54, 1.807) is 11.3 Å². The molecule has 1 aliphatic rings. The molecule has 0 bridgehead atoms. The molecule has 1 atom stereocenters. The van der Waals surface area contributed by atoms with Gasteiger partial charge in [-0.2, -0.15) is 0 Å². The van der Waals surface area contributed by atoms with E-state index in [9.17, 15) is 0 Å². The predicted octanol–water partition coefficient (Wildman–Crippen LogP) is 3.57. The number of aromatic nitrogens is 2. The second-order valence-corrected chi connectivity index (χ2v) is 6.95. The van der Waals surface area contributed by atoms with Crippen LogP contribution in [0.4, 0.5) is 0 Å². The van der Waals surface area contributed by atoms with Crippen molar-refractivity contribution in [2.45, 2.75) is 45.1 Å². The molecule has 0 spiro atoms. The van der Waals surface area contributed by atoms with Gasteiger partial charge in [0.25, 0.3) is 0 Å². The Morgan fingerprint density at radius 3 is 3.00 bits per heavy atom. The highest BCUT2D eigenvalue weighted by atomic mass is 32.1. The van der Waals surface area contributed by atoms with Crippen molar-refractivity contribution < 1.29 is 0 Å². The molecule has 0 saturated carbocycles. The Labute approximate surface area is 122 Å². The summed E-state index contributed by atoms with van der Waals surface area (Å²) in [4.78, 5) is 11.9. The maximum atomic E-state index is 4.89. The van der Waals surface area contributed by atoms with Crippen LogP contribution in [0, 0.1) is 0 Å². The predicted molar refractivity (Wildman–Crippen MR) is 81.0 cm³/mol. The van der Waals surface area contributed by atoms with Crippen LogP contribution in [0.2, 0.25) is 0 Å². The Hall–Kier alpha value is -0.780. The number of hydrogen-bond donors (Lipinski definition) is 1. The van der Waals surface area contributed by atoms with Crippen LogP contribution < -0.4 is 5.32 Å². The van der Waals surface area contributed by atoms with E-state index in [0.29, 0.717) is 0 Å². The molecule has 2 aromatic rings. The molecular weight excluding hydrogens is 274 g/mol. The molecular formula is C14H19N3S2. The zero-order valence-corrected chi connectivity index (χ0v) is 12.8. The van der Waals surface area contributed by atoms with Gasteiger partial charge in [-0.1, -0.05) is 6.92 Å². The fourth-order valence-corrected chi connectivity index (χ4v) is 4.48. The van der Waals surface area contributed by atoms with Crippen molar-refractivity contribution in [1.29, 1.82) is 0 Å². The highest BCUT2D eigenvalue weighted by molar-refractivity contribution is 7.12. The summed E-state index contributed by atoms with van der Waals surface area (Å²) in [5, 5.41) is 4.84. The summed E-state index contributed by atoms with van der Waals surface area (Å²) in [5.74, 6) is 0. The molecule has 0 fully saturated rings. The van der Waals surface area contributed by atoms with Gasteiger partial charge in [0.05, 0.1) is 17.2 Å². The average Bonchev–Trinajstić information content (AvgIpc) is 3.08. The zero-order valence-electron chi connectivity index (χ0n) is 11.2. The standard InChI is InChI=1S/C14H19N3S2/c1-2-7-16-13(12-8-15-9-18-12)14-17-10-5-3-4-6-11(10)19-14/h8-9,13,16H,2-7H2,1H3. The van der Waals surface area contributed by atoms with Crippen LogP contribution in [0.1, 0.15) is 52.7 Å². The zero-order chi connectivity index (χ0) is 13.1. The third-order valence-electron chi connectivity index (χ3n) is 3.44. The summed E-state index contributed by atoms with van der Waals surface area (Å²) in [7, 11) is 0. The molecule has 0 aliphatic heterocycles. The van der Waals surface area contributed by atoms with Crippen molar-refractivity contribution >= 4 is 22.7 Å². The van der Waals surface area contributed by atoms with E-state index in [2.05, 4.69) is 17.2 Å². The van der Waals surface area contributed by atoms with E-state index < -0.39 is 0 Å². The topological polar surface area (TPSA) is 37.8 Å². The quantitative estimate of drug-likeness (QED) is 0.916. The molecule has 0 aromatic carbocycles. The van der Waals surface area contributed by atoms with Gasteiger partial charge in [0.15, 0.2) is 0 Å². The van der Waals surface area contributed by atoms with Crippen LogP contribution in [-0.2, 0) is 12.8 Å². The van der Waals surface area contributed by atoms with Crippen molar-refractivity contribution in [2.75, 3.05) is 6.54 Å². The first-order valence-corrected chi connectivity index (χ1v) is 8.68. The summed E-state index contributed by atoms with van der Waals surface area (Å²) < 4.78 is 0. The van der Waals surface area contributed by atoms with Gasteiger partial charge in [-0.15, -0.1) is 22.7 Å². The Balaban J connectivity index is 1.88. The van der Waals surface area contributed by atoms with Gasteiger partial charge in [0.1, 0.15) is 5.01 Å². The normalized spacial score (nSPS) is 16.3. The Morgan fingerprint density at radius 1 is 1.37 bits per heavy atom. The van der Waals surface area contributed by atoms with Crippen molar-refractivity contribution in [3.05, 3.63) is 32.2 Å². The molecule has 2 aromatic heterocycles. The molecule has 5 heteroatoms. The van der Waals surface area contributed by atoms with Crippen molar-refractivity contribution in [2.24, 2.45) is 0 Å². The molecule has 1 aliphatic carbocycles. The molecule has 0 amide bonds. The van der Waals surface area contributed by atoms with Crippen LogP contribution in [0.3, 0.4) is 0 Å². The number of fused-ring (bicyclic) bond motifs is 1. The molecule has 102 valence electrons. The highest BCUT2D eigenvalue weighted by Gasteiger charge is 2.22. The lowest BCUT2D eigenvalue weighted by Crippen LogP contribution is -2.22. The van der Waals surface area contributed by atoms with E-state index in [0.717, 1.165) is 19.4 Å². The van der Waals surface area contributed by atoms with Crippen molar-refractivity contribution in [3.8, 4) is 0 Å². The number of rotatable bonds is 5. The Bertz CT molecular complexity index is 495. The molecule has 2 heterocycles. The van der Waals surface area contributed by atoms with Crippen LogP contribution in [0.5, 0.6) is 0 Å². The van der Waals surface area contributed by atoms with Crippen LogP contribution in [0.25, 0.3) is 0 Å². The number of nitrogens with one attached hydrogen (secondary N) is 1. The molecule has 19 heavy (non-hydrogen) atoms. The molecule has 1 N–H and O–H groups in total. The summed E-state index contributed by atoms with van der Waals surface area (Å²) in [6.07, 6.45) is 8.11. The second-order valence-electron chi connectivity index (χ2n) is 4.92. The lowest BCUT2D eigenvalue weighted by Gasteiger charge is -2.13. The van der Waals surface area contributed by atoms with Gasteiger partial charge in [-0.05, 0) is 38.6 Å². The smallest absolute Gasteiger partial charge is 0.116 e. The van der Waals surface area contributed by atoms with Gasteiger partial charge in [-0.3, -0.25) is 4.98 Å². The van der Waals surface area contributed by atoms with Gasteiger partial charge >= 0.3 is 0 Å². The second kappa shape index (κ2) is 6.11. The van der Waals surface area contributed by atoms with Gasteiger partial charge < -0.3 is 5.32 Å². The first-order valence-electron chi connectivity index (χ1n) is 6.98. The summed E-state index contributed by atoms with van der Waals surface area (Å²) >= 11 is 3.61. The molecule has 0 saturated heterocycles. The van der Waals surface area contributed by atoms with Crippen LogP contribution in [0.15, 0.2) is 11.7 Å². The lowest BCUT2D eigenvalue weighted by atomic mass is 10.0. The van der Waals surface area contributed by atoms with Gasteiger partial charge in [-0.25, -0.2) is 4.98 Å². The Morgan fingerprint density at radius 2 is 2.26 bits per heavy atom. The average molecular weight is 293 g/mol. The SMILES string of the molecule is CCCNC(c1cncs1)c1nc2c(s1)CCCC2. The maximum Gasteiger partial charge on any atom is 0.116 e. The molecule has 3 rings (SSSR count). The van der Waals surface area contributed by atoms with Crippen molar-refractivity contribution in [3.63, 3.8) is 0 Å². The third kappa shape index (κ3) is 2.88. The monoisotopic (exact) mass is 293 g/mol. The van der Waals surface area contributed by atoms with Gasteiger partial charge in [0.2, 0.25) is 0 Å². The van der Waals surface area contributed by atoms with E-state index >= 15 is 0 Å². The first-order chi connectivity index (χ1) is 9.38. The fraction of sp³-hybridized carbons (Fsp3) is 0.571. The minimum Gasteiger partial charge on any atom is -0.304 e. The minimum atomic E-state index is 0.239. The summed E-state index contributed by atoms with van der Waals surface area (Å²) in [6, 6.07) is 0.239. The first kappa shape index (κ1) is 13.2. The highest BCUT2D eigenvalue weighted by Crippen LogP contribution is 2.33. The molecule has 1 unspecified atom stereocenters. The molecule has 3 nitrogen and oxygen atoms in total. The van der Waals surface area contributed by atoms with E-state index in [4.69, 9.17) is 4.98 Å². The van der Waals surface area contributed by atoms with Crippen LogP contribution >= 0.6 is 22.7 Å². The van der Waals surface area contributed by atoms with E-state index in [1.807, 2.05) is 23.0 Å². The third-order valence-corrected chi connectivity index (χ3v) is 5.51. The maximum absolute atomic E-state index is 4.89.